The maximum atomic E-state index is 12.6. The Morgan fingerprint density at radius 1 is 1.09 bits per heavy atom. The van der Waals surface area contributed by atoms with Gasteiger partial charge in [-0.05, 0) is 11.6 Å². The van der Waals surface area contributed by atoms with E-state index in [0.717, 1.165) is 24.3 Å². The molecule has 168 valence electrons. The van der Waals surface area contributed by atoms with Crippen LogP contribution in [0.25, 0.3) is 11.0 Å². The molecule has 0 saturated carbocycles. The minimum Gasteiger partial charge on any atom is -0.337 e. The van der Waals surface area contributed by atoms with Crippen molar-refractivity contribution in [3.63, 3.8) is 0 Å². The highest BCUT2D eigenvalue weighted by atomic mass is 32.1. The van der Waals surface area contributed by atoms with Gasteiger partial charge in [-0.2, -0.15) is 0 Å². The summed E-state index contributed by atoms with van der Waals surface area (Å²) in [6.45, 7) is 3.97. The molecule has 1 aliphatic rings. The van der Waals surface area contributed by atoms with Crippen molar-refractivity contribution in [2.45, 2.75) is 13.1 Å². The molecule has 1 fully saturated rings. The van der Waals surface area contributed by atoms with E-state index in [1.807, 2.05) is 46.8 Å². The summed E-state index contributed by atoms with van der Waals surface area (Å²) in [5.74, 6) is -0.0383. The van der Waals surface area contributed by atoms with Crippen molar-refractivity contribution in [2.24, 2.45) is 0 Å². The Kier molecular flexibility index (Phi) is 6.09. The van der Waals surface area contributed by atoms with Gasteiger partial charge in [-0.3, -0.25) is 18.9 Å². The van der Waals surface area contributed by atoms with Gasteiger partial charge in [0.25, 0.3) is 5.56 Å². The van der Waals surface area contributed by atoms with Gasteiger partial charge < -0.3 is 4.90 Å². The molecule has 1 aromatic carbocycles. The van der Waals surface area contributed by atoms with Crippen molar-refractivity contribution in [1.82, 2.24) is 34.2 Å². The van der Waals surface area contributed by atoms with Crippen LogP contribution in [0.2, 0.25) is 0 Å². The molecule has 1 aliphatic heterocycles. The molecule has 0 aliphatic carbocycles. The number of piperazine rings is 1. The fraction of sp³-hybridized carbons (Fsp3) is 0.261. The zero-order valence-corrected chi connectivity index (χ0v) is 18.8. The molecule has 0 bridgehead atoms. The summed E-state index contributed by atoms with van der Waals surface area (Å²) in [6.07, 6.45) is 6.83. The van der Waals surface area contributed by atoms with Crippen molar-refractivity contribution in [3.8, 4) is 0 Å². The Labute approximate surface area is 194 Å². The van der Waals surface area contributed by atoms with E-state index in [1.165, 1.54) is 11.3 Å². The van der Waals surface area contributed by atoms with Gasteiger partial charge in [0, 0.05) is 56.4 Å². The average molecular weight is 462 g/mol. The summed E-state index contributed by atoms with van der Waals surface area (Å²) in [6, 6.07) is 11.6. The molecule has 0 atom stereocenters. The normalized spacial score (nSPS) is 15.0. The predicted molar refractivity (Wildman–Crippen MR) is 126 cm³/mol. The lowest BCUT2D eigenvalue weighted by Crippen LogP contribution is -2.48. The molecular formula is C23H23N7O2S. The number of hydrogen-bond donors (Lipinski definition) is 0. The quantitative estimate of drug-likeness (QED) is 0.407. The van der Waals surface area contributed by atoms with E-state index in [1.54, 1.807) is 33.5 Å². The minimum atomic E-state index is -0.0594. The average Bonchev–Trinajstić information content (AvgIpc) is 3.48. The molecule has 3 aromatic heterocycles. The van der Waals surface area contributed by atoms with Crippen LogP contribution in [0.3, 0.4) is 0 Å². The Morgan fingerprint density at radius 3 is 2.73 bits per heavy atom. The predicted octanol–water partition coefficient (Wildman–Crippen LogP) is 1.75. The number of carbonyl (C=O) groups excluding carboxylic acids is 1. The highest BCUT2D eigenvalue weighted by Crippen LogP contribution is 2.11. The van der Waals surface area contributed by atoms with E-state index in [2.05, 4.69) is 20.2 Å². The first-order valence-corrected chi connectivity index (χ1v) is 11.6. The molecule has 33 heavy (non-hydrogen) atoms. The summed E-state index contributed by atoms with van der Waals surface area (Å²) in [4.78, 5) is 34.1. The first-order chi connectivity index (χ1) is 16.1. The number of nitrogens with zero attached hydrogens (tertiary/aromatic N) is 7. The number of fused-ring (bicyclic) bond motifs is 1. The van der Waals surface area contributed by atoms with Crippen LogP contribution in [-0.4, -0.2) is 66.3 Å². The molecular weight excluding hydrogens is 438 g/mol. The van der Waals surface area contributed by atoms with Gasteiger partial charge in [0.1, 0.15) is 5.69 Å². The molecule has 0 spiro atoms. The molecule has 1 amide bonds. The smallest absolute Gasteiger partial charge is 0.258 e. The molecule has 0 N–H and O–H groups in total. The van der Waals surface area contributed by atoms with E-state index < -0.39 is 0 Å². The van der Waals surface area contributed by atoms with Gasteiger partial charge in [0.05, 0.1) is 18.4 Å². The summed E-state index contributed by atoms with van der Waals surface area (Å²) < 4.78 is 3.31. The zero-order valence-electron chi connectivity index (χ0n) is 17.9. The number of hydrogen-bond acceptors (Lipinski definition) is 7. The van der Waals surface area contributed by atoms with Gasteiger partial charge >= 0.3 is 0 Å². The van der Waals surface area contributed by atoms with Crippen LogP contribution < -0.4 is 5.56 Å². The lowest BCUT2D eigenvalue weighted by molar-refractivity contribution is -0.127. The second-order valence-electron chi connectivity index (χ2n) is 7.90. The highest BCUT2D eigenvalue weighted by Gasteiger charge is 2.20. The maximum Gasteiger partial charge on any atom is 0.258 e. The van der Waals surface area contributed by atoms with Crippen LogP contribution >= 0.6 is 11.3 Å². The fourth-order valence-electron chi connectivity index (χ4n) is 3.82. The van der Waals surface area contributed by atoms with E-state index in [9.17, 15) is 9.59 Å². The lowest BCUT2D eigenvalue weighted by atomic mass is 10.2. The van der Waals surface area contributed by atoms with Crippen LogP contribution in [0.4, 0.5) is 0 Å². The Hall–Kier alpha value is -3.63. The molecule has 9 nitrogen and oxygen atoms in total. The summed E-state index contributed by atoms with van der Waals surface area (Å²) in [5, 5.41) is 10.1. The SMILES string of the molecule is O=C(/C=C/c1cn(Cc2ccccc2)nn1)N1CCN(Cc2cc(=O)n3ccsc3n2)CC1. The lowest BCUT2D eigenvalue weighted by Gasteiger charge is -2.33. The Bertz CT molecular complexity index is 1330. The number of benzene rings is 1. The fourth-order valence-corrected chi connectivity index (χ4v) is 4.56. The third-order valence-corrected chi connectivity index (χ3v) is 6.32. The van der Waals surface area contributed by atoms with Gasteiger partial charge in [-0.15, -0.1) is 16.4 Å². The van der Waals surface area contributed by atoms with Gasteiger partial charge in [0.2, 0.25) is 5.91 Å². The number of thiazole rings is 1. The van der Waals surface area contributed by atoms with Crippen molar-refractivity contribution < 1.29 is 4.79 Å². The molecule has 5 rings (SSSR count). The van der Waals surface area contributed by atoms with Crippen molar-refractivity contribution in [3.05, 3.63) is 87.6 Å². The zero-order chi connectivity index (χ0) is 22.6. The van der Waals surface area contributed by atoms with Crippen LogP contribution in [0.5, 0.6) is 0 Å². The van der Waals surface area contributed by atoms with Gasteiger partial charge in [0.15, 0.2) is 4.96 Å². The molecule has 0 radical (unpaired) electrons. The first kappa shape index (κ1) is 21.2. The van der Waals surface area contributed by atoms with Crippen LogP contribution in [0.1, 0.15) is 17.0 Å². The van der Waals surface area contributed by atoms with E-state index >= 15 is 0 Å². The second kappa shape index (κ2) is 9.47. The van der Waals surface area contributed by atoms with Gasteiger partial charge in [-0.1, -0.05) is 35.5 Å². The van der Waals surface area contributed by atoms with E-state index in [4.69, 9.17) is 0 Å². The number of aromatic nitrogens is 5. The molecule has 4 heterocycles. The standard InChI is InChI=1S/C23H23N7O2S/c31-21(7-6-19-17-29(26-25-19)15-18-4-2-1-3-5-18)28-10-8-27(9-11-28)16-20-14-22(32)30-12-13-33-23(30)24-20/h1-7,12-14,17H,8-11,15-16H2/b7-6+. The molecule has 10 heteroatoms. The van der Waals surface area contributed by atoms with Gasteiger partial charge in [-0.25, -0.2) is 9.67 Å². The van der Waals surface area contributed by atoms with Crippen LogP contribution in [0, 0.1) is 0 Å². The third kappa shape index (κ3) is 5.07. The maximum absolute atomic E-state index is 12.6. The molecule has 4 aromatic rings. The summed E-state index contributed by atoms with van der Waals surface area (Å²) in [5.41, 5.74) is 2.50. The van der Waals surface area contributed by atoms with E-state index in [-0.39, 0.29) is 11.5 Å². The monoisotopic (exact) mass is 461 g/mol. The first-order valence-electron chi connectivity index (χ1n) is 10.7. The number of amides is 1. The Morgan fingerprint density at radius 2 is 1.91 bits per heavy atom. The Balaban J connectivity index is 1.13. The van der Waals surface area contributed by atoms with Crippen molar-refractivity contribution >= 4 is 28.3 Å². The van der Waals surface area contributed by atoms with E-state index in [0.29, 0.717) is 36.8 Å². The van der Waals surface area contributed by atoms with Crippen molar-refractivity contribution in [1.29, 1.82) is 0 Å². The number of carbonyl (C=O) groups is 1. The summed E-state index contributed by atoms with van der Waals surface area (Å²) >= 11 is 1.45. The number of rotatable bonds is 6. The minimum absolute atomic E-state index is 0.0383. The van der Waals surface area contributed by atoms with Crippen LogP contribution in [-0.2, 0) is 17.9 Å². The van der Waals surface area contributed by atoms with Crippen LogP contribution in [0.15, 0.2) is 65.0 Å². The largest absolute Gasteiger partial charge is 0.337 e. The third-order valence-electron chi connectivity index (χ3n) is 5.57. The molecule has 1 saturated heterocycles. The second-order valence-corrected chi connectivity index (χ2v) is 8.78. The topological polar surface area (TPSA) is 88.6 Å². The van der Waals surface area contributed by atoms with Crippen molar-refractivity contribution in [2.75, 3.05) is 26.2 Å². The molecule has 0 unspecified atom stereocenters. The highest BCUT2D eigenvalue weighted by molar-refractivity contribution is 7.15. The summed E-state index contributed by atoms with van der Waals surface area (Å²) in [7, 11) is 0.